The molecule has 1 amide bonds. The molecule has 9 heteroatoms. The second kappa shape index (κ2) is 12.7. The molecule has 0 bridgehead atoms. The minimum Gasteiger partial charge on any atom is -0.356 e. The zero-order chi connectivity index (χ0) is 17.9. The van der Waals surface area contributed by atoms with E-state index in [-0.39, 0.29) is 29.9 Å². The van der Waals surface area contributed by atoms with Gasteiger partial charge in [-0.15, -0.1) is 24.0 Å². The van der Waals surface area contributed by atoms with Gasteiger partial charge < -0.3 is 16.0 Å². The van der Waals surface area contributed by atoms with Crippen molar-refractivity contribution in [2.24, 2.45) is 4.99 Å². The van der Waals surface area contributed by atoms with Crippen LogP contribution >= 0.6 is 39.9 Å². The normalized spacial score (nSPS) is 10.8. The fraction of sp³-hybridized carbons (Fsp3) is 0.353. The number of benzene rings is 1. The predicted octanol–water partition coefficient (Wildman–Crippen LogP) is 2.25. The van der Waals surface area contributed by atoms with Crippen LogP contribution < -0.4 is 16.0 Å². The molecular weight excluding hydrogens is 511 g/mol. The van der Waals surface area contributed by atoms with Gasteiger partial charge >= 0.3 is 0 Å². The van der Waals surface area contributed by atoms with E-state index in [2.05, 4.69) is 42.0 Å². The molecule has 0 saturated carbocycles. The minimum absolute atomic E-state index is 0. The van der Waals surface area contributed by atoms with Gasteiger partial charge in [0.1, 0.15) is 0 Å². The third-order valence-corrected chi connectivity index (χ3v) is 3.92. The van der Waals surface area contributed by atoms with Crippen LogP contribution in [0.5, 0.6) is 0 Å². The van der Waals surface area contributed by atoms with E-state index in [0.29, 0.717) is 18.7 Å². The van der Waals surface area contributed by atoms with E-state index in [0.717, 1.165) is 29.9 Å². The number of hydrogen-bond donors (Lipinski definition) is 3. The van der Waals surface area contributed by atoms with Gasteiger partial charge in [-0.3, -0.25) is 14.5 Å². The third-order valence-electron chi connectivity index (χ3n) is 3.43. The summed E-state index contributed by atoms with van der Waals surface area (Å²) in [5, 5.41) is 13.4. The second-order valence-corrected chi connectivity index (χ2v) is 6.23. The van der Waals surface area contributed by atoms with E-state index in [9.17, 15) is 4.79 Å². The number of nitrogens with one attached hydrogen (secondary N) is 3. The lowest BCUT2D eigenvalue weighted by molar-refractivity contribution is 0.0954. The summed E-state index contributed by atoms with van der Waals surface area (Å²) in [5.41, 5.74) is 0.635. The summed E-state index contributed by atoms with van der Waals surface area (Å²) in [6, 6.07) is 9.22. The average Bonchev–Trinajstić information content (AvgIpc) is 3.13. The van der Waals surface area contributed by atoms with Crippen LogP contribution in [0.25, 0.3) is 0 Å². The summed E-state index contributed by atoms with van der Waals surface area (Å²) in [5.74, 6) is 0.627. The van der Waals surface area contributed by atoms with Crippen LogP contribution in [0.1, 0.15) is 16.8 Å². The Morgan fingerprint density at radius 1 is 1.19 bits per heavy atom. The van der Waals surface area contributed by atoms with Gasteiger partial charge in [0.05, 0.1) is 0 Å². The molecule has 0 fully saturated rings. The number of hydrogen-bond acceptors (Lipinski definition) is 3. The number of carbonyl (C=O) groups excluding carboxylic acids is 1. The molecule has 0 atom stereocenters. The zero-order valence-electron chi connectivity index (χ0n) is 14.6. The number of halogens is 2. The third kappa shape index (κ3) is 8.17. The van der Waals surface area contributed by atoms with Crippen molar-refractivity contribution >= 4 is 51.8 Å². The average molecular weight is 535 g/mol. The Kier molecular flexibility index (Phi) is 10.9. The summed E-state index contributed by atoms with van der Waals surface area (Å²) < 4.78 is 2.79. The van der Waals surface area contributed by atoms with Crippen LogP contribution in [0.2, 0.25) is 0 Å². The molecule has 0 radical (unpaired) electrons. The van der Waals surface area contributed by atoms with E-state index in [1.165, 1.54) is 0 Å². The fourth-order valence-corrected chi connectivity index (χ4v) is 2.59. The number of aliphatic imine (C=N–C) groups is 1. The molecule has 1 aromatic heterocycles. The molecule has 0 spiro atoms. The summed E-state index contributed by atoms with van der Waals surface area (Å²) in [6.07, 6.45) is 4.67. The summed E-state index contributed by atoms with van der Waals surface area (Å²) in [4.78, 5) is 16.2. The van der Waals surface area contributed by atoms with Crippen LogP contribution in [0.15, 0.2) is 52.2 Å². The van der Waals surface area contributed by atoms with Gasteiger partial charge in [0.25, 0.3) is 5.91 Å². The first-order chi connectivity index (χ1) is 12.2. The van der Waals surface area contributed by atoms with Gasteiger partial charge in [-0.05, 0) is 30.7 Å². The standard InChI is InChI=1S/C17H23BrN6O.HI/c1-19-17(21-7-3-11-24-12-4-8-23-24)22-10-9-20-16(25)14-5-2-6-15(18)13-14;/h2,4-6,8,12-13H,3,7,9-11H2,1H3,(H,20,25)(H2,19,21,22);1H. The van der Waals surface area contributed by atoms with Crippen molar-refractivity contribution in [3.8, 4) is 0 Å². The number of rotatable bonds is 8. The van der Waals surface area contributed by atoms with Crippen molar-refractivity contribution in [3.05, 3.63) is 52.8 Å². The quantitative estimate of drug-likeness (QED) is 0.210. The van der Waals surface area contributed by atoms with Gasteiger partial charge in [-0.1, -0.05) is 22.0 Å². The van der Waals surface area contributed by atoms with Crippen LogP contribution in [0.4, 0.5) is 0 Å². The zero-order valence-corrected chi connectivity index (χ0v) is 18.5. The van der Waals surface area contributed by atoms with Crippen molar-refractivity contribution in [1.82, 2.24) is 25.7 Å². The molecule has 0 saturated heterocycles. The molecule has 0 aliphatic heterocycles. The molecule has 142 valence electrons. The van der Waals surface area contributed by atoms with Gasteiger partial charge in [0.2, 0.25) is 0 Å². The van der Waals surface area contributed by atoms with Gasteiger partial charge in [0.15, 0.2) is 5.96 Å². The number of aromatic nitrogens is 2. The highest BCUT2D eigenvalue weighted by Gasteiger charge is 2.05. The van der Waals surface area contributed by atoms with E-state index in [1.807, 2.05) is 29.1 Å². The first-order valence-corrected chi connectivity index (χ1v) is 8.94. The van der Waals surface area contributed by atoms with Crippen molar-refractivity contribution < 1.29 is 4.79 Å². The molecule has 26 heavy (non-hydrogen) atoms. The number of guanidine groups is 1. The summed E-state index contributed by atoms with van der Waals surface area (Å²) in [6.45, 7) is 2.77. The van der Waals surface area contributed by atoms with Crippen molar-refractivity contribution in [1.29, 1.82) is 0 Å². The molecule has 1 aromatic carbocycles. The Balaban J connectivity index is 0.00000338. The Morgan fingerprint density at radius 3 is 2.65 bits per heavy atom. The maximum atomic E-state index is 12.0. The van der Waals surface area contributed by atoms with Crippen LogP contribution in [0.3, 0.4) is 0 Å². The summed E-state index contributed by atoms with van der Waals surface area (Å²) >= 11 is 3.36. The van der Waals surface area contributed by atoms with Gasteiger partial charge in [-0.2, -0.15) is 5.10 Å². The van der Waals surface area contributed by atoms with Crippen molar-refractivity contribution in [3.63, 3.8) is 0 Å². The predicted molar refractivity (Wildman–Crippen MR) is 118 cm³/mol. The fourth-order valence-electron chi connectivity index (χ4n) is 2.19. The Morgan fingerprint density at radius 2 is 1.96 bits per heavy atom. The Labute approximate surface area is 179 Å². The maximum Gasteiger partial charge on any atom is 0.251 e. The number of aryl methyl sites for hydroxylation is 1. The minimum atomic E-state index is -0.0923. The molecule has 2 rings (SSSR count). The molecule has 0 unspecified atom stereocenters. The van der Waals surface area contributed by atoms with Crippen LogP contribution in [-0.4, -0.2) is 48.3 Å². The van der Waals surface area contributed by atoms with Crippen molar-refractivity contribution in [2.45, 2.75) is 13.0 Å². The second-order valence-electron chi connectivity index (χ2n) is 5.31. The highest BCUT2D eigenvalue weighted by molar-refractivity contribution is 14.0. The molecule has 7 nitrogen and oxygen atoms in total. The lowest BCUT2D eigenvalue weighted by atomic mass is 10.2. The number of amides is 1. The lowest BCUT2D eigenvalue weighted by Crippen LogP contribution is -2.42. The molecule has 1 heterocycles. The van der Waals surface area contributed by atoms with Crippen molar-refractivity contribution in [2.75, 3.05) is 26.7 Å². The summed E-state index contributed by atoms with van der Waals surface area (Å²) in [7, 11) is 1.73. The van der Waals surface area contributed by atoms with Crippen LogP contribution in [-0.2, 0) is 6.54 Å². The number of nitrogens with zero attached hydrogens (tertiary/aromatic N) is 3. The monoisotopic (exact) mass is 534 g/mol. The van der Waals surface area contributed by atoms with E-state index < -0.39 is 0 Å². The molecule has 0 aliphatic rings. The van der Waals surface area contributed by atoms with Crippen LogP contribution in [0, 0.1) is 0 Å². The first-order valence-electron chi connectivity index (χ1n) is 8.15. The first kappa shape index (κ1) is 22.4. The van der Waals surface area contributed by atoms with Gasteiger partial charge in [0, 0.05) is 55.7 Å². The highest BCUT2D eigenvalue weighted by Crippen LogP contribution is 2.11. The molecule has 3 N–H and O–H groups in total. The van der Waals surface area contributed by atoms with E-state index in [1.54, 1.807) is 25.4 Å². The van der Waals surface area contributed by atoms with E-state index >= 15 is 0 Å². The lowest BCUT2D eigenvalue weighted by Gasteiger charge is -2.12. The van der Waals surface area contributed by atoms with E-state index in [4.69, 9.17) is 0 Å². The highest BCUT2D eigenvalue weighted by atomic mass is 127. The number of carbonyl (C=O) groups is 1. The molecular formula is C17H24BrIN6O. The van der Waals surface area contributed by atoms with Gasteiger partial charge in [-0.25, -0.2) is 0 Å². The molecule has 0 aliphatic carbocycles. The maximum absolute atomic E-state index is 12.0. The molecule has 2 aromatic rings. The SMILES string of the molecule is CN=C(NCCCn1cccn1)NCCNC(=O)c1cccc(Br)c1.I. The Hall–Kier alpha value is -1.62. The topological polar surface area (TPSA) is 83.3 Å². The Bertz CT molecular complexity index is 692. The smallest absolute Gasteiger partial charge is 0.251 e. The largest absolute Gasteiger partial charge is 0.356 e.